The first-order valence-corrected chi connectivity index (χ1v) is 6.65. The van der Waals surface area contributed by atoms with E-state index in [0.717, 1.165) is 0 Å². The van der Waals surface area contributed by atoms with Crippen molar-refractivity contribution < 1.29 is 19.0 Å². The predicted molar refractivity (Wildman–Crippen MR) is 72.5 cm³/mol. The van der Waals surface area contributed by atoms with E-state index in [-0.39, 0.29) is 34.1 Å². The van der Waals surface area contributed by atoms with Crippen LogP contribution in [0.2, 0.25) is 0 Å². The number of aromatic hydroxyl groups is 1. The maximum Gasteiger partial charge on any atom is 0.148 e. The molecule has 0 spiro atoms. The molecule has 0 unspecified atom stereocenters. The second-order valence-corrected chi connectivity index (χ2v) is 4.86. The Hall–Kier alpha value is -2.39. The van der Waals surface area contributed by atoms with Crippen molar-refractivity contribution in [3.05, 3.63) is 29.7 Å². The van der Waals surface area contributed by atoms with Gasteiger partial charge < -0.3 is 14.6 Å². The van der Waals surface area contributed by atoms with Crippen LogP contribution in [0.3, 0.4) is 0 Å². The molecule has 0 radical (unpaired) electrons. The molecule has 1 aromatic carbocycles. The van der Waals surface area contributed by atoms with Crippen molar-refractivity contribution in [1.29, 1.82) is 5.26 Å². The fourth-order valence-electron chi connectivity index (χ4n) is 2.39. The van der Waals surface area contributed by atoms with Crippen LogP contribution in [0.15, 0.2) is 18.3 Å². The first-order valence-electron chi connectivity index (χ1n) is 6.65. The lowest BCUT2D eigenvalue weighted by molar-refractivity contribution is 0.0260. The van der Waals surface area contributed by atoms with E-state index in [9.17, 15) is 9.50 Å². The number of pyridine rings is 1. The highest BCUT2D eigenvalue weighted by Crippen LogP contribution is 2.36. The standard InChI is InChI=1S/C15H13FN2O3/c16-10-5-12-14(15(19)9(7-17)8-18-12)13(6-10)21-11-1-3-20-4-2-11/h5-6,8,11H,1-4H2,(H,18,19). The molecule has 2 heterocycles. The predicted octanol–water partition coefficient (Wildman–Crippen LogP) is 2.51. The van der Waals surface area contributed by atoms with Crippen LogP contribution in [0.5, 0.6) is 11.5 Å². The summed E-state index contributed by atoms with van der Waals surface area (Å²) in [5, 5.41) is 19.4. The molecular formula is C15H13FN2O3. The smallest absolute Gasteiger partial charge is 0.148 e. The molecule has 0 saturated carbocycles. The summed E-state index contributed by atoms with van der Waals surface area (Å²) in [6.07, 6.45) is 2.51. The number of benzene rings is 1. The van der Waals surface area contributed by atoms with E-state index in [1.807, 2.05) is 6.07 Å². The maximum absolute atomic E-state index is 13.7. The molecule has 1 fully saturated rings. The lowest BCUT2D eigenvalue weighted by Gasteiger charge is -2.24. The third-order valence-corrected chi connectivity index (χ3v) is 3.45. The number of nitriles is 1. The van der Waals surface area contributed by atoms with E-state index >= 15 is 0 Å². The summed E-state index contributed by atoms with van der Waals surface area (Å²) >= 11 is 0. The largest absolute Gasteiger partial charge is 0.506 e. The van der Waals surface area contributed by atoms with Gasteiger partial charge in [-0.05, 0) is 0 Å². The highest BCUT2D eigenvalue weighted by atomic mass is 19.1. The number of rotatable bonds is 2. The van der Waals surface area contributed by atoms with Gasteiger partial charge in [0.25, 0.3) is 0 Å². The Morgan fingerprint density at radius 2 is 2.14 bits per heavy atom. The molecule has 0 amide bonds. The SMILES string of the molecule is N#Cc1cnc2cc(F)cc(OC3CCOCC3)c2c1O. The minimum absolute atomic E-state index is 0.0333. The summed E-state index contributed by atoms with van der Waals surface area (Å²) in [7, 11) is 0. The molecule has 1 N–H and O–H groups in total. The molecule has 1 aliphatic heterocycles. The van der Waals surface area contributed by atoms with Gasteiger partial charge in [-0.15, -0.1) is 0 Å². The lowest BCUT2D eigenvalue weighted by atomic mass is 10.1. The number of nitrogens with zero attached hydrogens (tertiary/aromatic N) is 2. The molecule has 3 rings (SSSR count). The zero-order valence-electron chi connectivity index (χ0n) is 11.2. The van der Waals surface area contributed by atoms with Crippen LogP contribution in [-0.2, 0) is 4.74 Å². The minimum Gasteiger partial charge on any atom is -0.506 e. The van der Waals surface area contributed by atoms with E-state index in [1.54, 1.807) is 0 Å². The van der Waals surface area contributed by atoms with Gasteiger partial charge >= 0.3 is 0 Å². The van der Waals surface area contributed by atoms with E-state index < -0.39 is 5.82 Å². The van der Waals surface area contributed by atoms with Gasteiger partial charge in [-0.2, -0.15) is 5.26 Å². The molecule has 1 aliphatic rings. The number of halogens is 1. The van der Waals surface area contributed by atoms with Crippen molar-refractivity contribution in [2.24, 2.45) is 0 Å². The van der Waals surface area contributed by atoms with Gasteiger partial charge in [0.1, 0.15) is 35.1 Å². The quantitative estimate of drug-likeness (QED) is 0.919. The highest BCUT2D eigenvalue weighted by molar-refractivity contribution is 5.92. The fourth-order valence-corrected chi connectivity index (χ4v) is 2.39. The topological polar surface area (TPSA) is 75.4 Å². The number of fused-ring (bicyclic) bond motifs is 1. The van der Waals surface area contributed by atoms with E-state index in [0.29, 0.717) is 26.1 Å². The second-order valence-electron chi connectivity index (χ2n) is 4.86. The van der Waals surface area contributed by atoms with Gasteiger partial charge in [0.05, 0.1) is 24.1 Å². The van der Waals surface area contributed by atoms with Crippen LogP contribution in [-0.4, -0.2) is 29.4 Å². The monoisotopic (exact) mass is 288 g/mol. The van der Waals surface area contributed by atoms with Gasteiger partial charge in [-0.3, -0.25) is 4.98 Å². The molecule has 0 aliphatic carbocycles. The summed E-state index contributed by atoms with van der Waals surface area (Å²) in [4.78, 5) is 4.00. The van der Waals surface area contributed by atoms with Gasteiger partial charge in [0.15, 0.2) is 0 Å². The van der Waals surface area contributed by atoms with E-state index in [1.165, 1.54) is 18.3 Å². The van der Waals surface area contributed by atoms with Crippen LogP contribution < -0.4 is 4.74 Å². The summed E-state index contributed by atoms with van der Waals surface area (Å²) < 4.78 is 24.7. The van der Waals surface area contributed by atoms with Crippen molar-refractivity contribution in [2.45, 2.75) is 18.9 Å². The zero-order chi connectivity index (χ0) is 14.8. The molecule has 5 nitrogen and oxygen atoms in total. The molecule has 2 aromatic rings. The van der Waals surface area contributed by atoms with Crippen molar-refractivity contribution in [1.82, 2.24) is 4.98 Å². The number of hydrogen-bond acceptors (Lipinski definition) is 5. The van der Waals surface area contributed by atoms with E-state index in [2.05, 4.69) is 4.98 Å². The second kappa shape index (κ2) is 5.54. The average molecular weight is 288 g/mol. The number of aromatic nitrogens is 1. The number of hydrogen-bond donors (Lipinski definition) is 1. The van der Waals surface area contributed by atoms with Crippen LogP contribution >= 0.6 is 0 Å². The van der Waals surface area contributed by atoms with Gasteiger partial charge in [0, 0.05) is 31.2 Å². The summed E-state index contributed by atoms with van der Waals surface area (Å²) in [5.74, 6) is -0.523. The fraction of sp³-hybridized carbons (Fsp3) is 0.333. The Bertz CT molecular complexity index is 721. The first kappa shape index (κ1) is 13.6. The zero-order valence-corrected chi connectivity index (χ0v) is 11.2. The van der Waals surface area contributed by atoms with Gasteiger partial charge in [-0.1, -0.05) is 0 Å². The normalized spacial score (nSPS) is 15.8. The highest BCUT2D eigenvalue weighted by Gasteiger charge is 2.20. The maximum atomic E-state index is 13.7. The van der Waals surface area contributed by atoms with Gasteiger partial charge in [-0.25, -0.2) is 4.39 Å². The molecule has 6 heteroatoms. The summed E-state index contributed by atoms with van der Waals surface area (Å²) in [5.41, 5.74) is 0.291. The third kappa shape index (κ3) is 2.60. The summed E-state index contributed by atoms with van der Waals surface area (Å²) in [6.45, 7) is 1.18. The Morgan fingerprint density at radius 1 is 1.38 bits per heavy atom. The molecule has 108 valence electrons. The van der Waals surface area contributed by atoms with Crippen LogP contribution in [0.25, 0.3) is 10.9 Å². The Labute approximate surface area is 120 Å². The van der Waals surface area contributed by atoms with Gasteiger partial charge in [0.2, 0.25) is 0 Å². The van der Waals surface area contributed by atoms with Crippen LogP contribution in [0, 0.1) is 17.1 Å². The van der Waals surface area contributed by atoms with Crippen molar-refractivity contribution >= 4 is 10.9 Å². The van der Waals surface area contributed by atoms with Crippen LogP contribution in [0.4, 0.5) is 4.39 Å². The molecular weight excluding hydrogens is 275 g/mol. The van der Waals surface area contributed by atoms with Crippen molar-refractivity contribution in [3.63, 3.8) is 0 Å². The molecule has 1 aromatic heterocycles. The average Bonchev–Trinajstić information content (AvgIpc) is 2.48. The minimum atomic E-state index is -0.499. The van der Waals surface area contributed by atoms with E-state index in [4.69, 9.17) is 14.7 Å². The Kier molecular flexibility index (Phi) is 3.59. The first-order chi connectivity index (χ1) is 10.2. The third-order valence-electron chi connectivity index (χ3n) is 3.45. The van der Waals surface area contributed by atoms with Crippen molar-refractivity contribution in [2.75, 3.05) is 13.2 Å². The van der Waals surface area contributed by atoms with Crippen molar-refractivity contribution in [3.8, 4) is 17.6 Å². The Balaban J connectivity index is 2.09. The molecule has 21 heavy (non-hydrogen) atoms. The number of ether oxygens (including phenoxy) is 2. The van der Waals surface area contributed by atoms with Crippen LogP contribution in [0.1, 0.15) is 18.4 Å². The Morgan fingerprint density at radius 3 is 2.86 bits per heavy atom. The molecule has 0 atom stereocenters. The summed E-state index contributed by atoms with van der Waals surface area (Å²) in [6, 6.07) is 4.26. The molecule has 1 saturated heterocycles. The lowest BCUT2D eigenvalue weighted by Crippen LogP contribution is -2.26. The molecule has 0 bridgehead atoms.